The lowest BCUT2D eigenvalue weighted by Crippen LogP contribution is -2.48. The van der Waals surface area contributed by atoms with Gasteiger partial charge < -0.3 is 20.5 Å². The maximum absolute atomic E-state index is 12.5. The molecular formula is C19H14F3I2N3O4. The zero-order chi connectivity index (χ0) is 23.2. The summed E-state index contributed by atoms with van der Waals surface area (Å²) < 4.78 is 41.7. The molecule has 0 unspecified atom stereocenters. The summed E-state index contributed by atoms with van der Waals surface area (Å²) in [5, 5.41) is 23.5. The number of phenolic OH excluding ortho intramolecular Hbond substituents is 1. The quantitative estimate of drug-likeness (QED) is 0.312. The highest BCUT2D eigenvalue weighted by molar-refractivity contribution is 14.1. The molecule has 0 aliphatic carbocycles. The van der Waals surface area contributed by atoms with E-state index in [4.69, 9.17) is 5.26 Å². The lowest BCUT2D eigenvalue weighted by Gasteiger charge is -2.19. The SMILES string of the molecule is N#CCNC(=O)[C@H](Cc1cc(I)c(O)c(I)c1)NC(=O)c1ccc(OC(F)(F)F)cc1. The lowest BCUT2D eigenvalue weighted by molar-refractivity contribution is -0.274. The number of amides is 2. The number of phenols is 1. The maximum atomic E-state index is 12.5. The molecule has 164 valence electrons. The first-order chi connectivity index (χ1) is 14.5. The Morgan fingerprint density at radius 1 is 1.16 bits per heavy atom. The molecule has 2 rings (SSSR count). The average Bonchev–Trinajstić information content (AvgIpc) is 2.68. The number of hydrogen-bond donors (Lipinski definition) is 3. The summed E-state index contributed by atoms with van der Waals surface area (Å²) in [6.07, 6.45) is -4.79. The van der Waals surface area contributed by atoms with Crippen molar-refractivity contribution in [3.63, 3.8) is 0 Å². The van der Waals surface area contributed by atoms with Gasteiger partial charge in [0.15, 0.2) is 0 Å². The fourth-order valence-electron chi connectivity index (χ4n) is 2.48. The second-order valence-electron chi connectivity index (χ2n) is 6.09. The summed E-state index contributed by atoms with van der Waals surface area (Å²) >= 11 is 3.86. The molecule has 7 nitrogen and oxygen atoms in total. The Balaban J connectivity index is 2.19. The zero-order valence-electron chi connectivity index (χ0n) is 15.5. The van der Waals surface area contributed by atoms with Gasteiger partial charge in [-0.25, -0.2) is 0 Å². The molecule has 0 heterocycles. The Morgan fingerprint density at radius 3 is 2.26 bits per heavy atom. The molecule has 2 aromatic carbocycles. The topological polar surface area (TPSA) is 111 Å². The average molecular weight is 659 g/mol. The van der Waals surface area contributed by atoms with Crippen LogP contribution in [0.25, 0.3) is 0 Å². The molecule has 0 radical (unpaired) electrons. The first kappa shape index (κ1) is 25.0. The molecule has 0 spiro atoms. The van der Waals surface area contributed by atoms with Crippen molar-refractivity contribution in [2.45, 2.75) is 18.8 Å². The van der Waals surface area contributed by atoms with E-state index in [1.165, 1.54) is 0 Å². The summed E-state index contributed by atoms with van der Waals surface area (Å²) in [5.74, 6) is -1.69. The van der Waals surface area contributed by atoms with E-state index in [2.05, 4.69) is 15.4 Å². The number of alkyl halides is 3. The summed E-state index contributed by atoms with van der Waals surface area (Å²) in [7, 11) is 0. The highest BCUT2D eigenvalue weighted by Crippen LogP contribution is 2.28. The molecule has 31 heavy (non-hydrogen) atoms. The van der Waals surface area contributed by atoms with Crippen LogP contribution < -0.4 is 15.4 Å². The first-order valence-corrected chi connectivity index (χ1v) is 10.6. The van der Waals surface area contributed by atoms with E-state index < -0.39 is 30.0 Å². The molecule has 3 N–H and O–H groups in total. The molecule has 0 aliphatic rings. The fourth-order valence-corrected chi connectivity index (χ4v) is 4.38. The fraction of sp³-hybridized carbons (Fsp3) is 0.211. The minimum absolute atomic E-state index is 0.0162. The molecule has 0 aliphatic heterocycles. The Hall–Kier alpha value is -2.28. The predicted octanol–water partition coefficient (Wildman–Crippen LogP) is 3.48. The van der Waals surface area contributed by atoms with Gasteiger partial charge in [-0.1, -0.05) is 0 Å². The molecule has 0 saturated carbocycles. The van der Waals surface area contributed by atoms with Crippen molar-refractivity contribution in [2.75, 3.05) is 6.54 Å². The molecule has 2 aromatic rings. The van der Waals surface area contributed by atoms with Gasteiger partial charge >= 0.3 is 6.36 Å². The van der Waals surface area contributed by atoms with Crippen LogP contribution in [0, 0.1) is 18.5 Å². The summed E-state index contributed by atoms with van der Waals surface area (Å²) in [6, 6.07) is 8.23. The highest BCUT2D eigenvalue weighted by atomic mass is 127. The molecule has 1 atom stereocenters. The van der Waals surface area contributed by atoms with Crippen molar-refractivity contribution in [3.8, 4) is 17.6 Å². The van der Waals surface area contributed by atoms with Gasteiger partial charge in [0.05, 0.1) is 13.2 Å². The van der Waals surface area contributed by atoms with Crippen LogP contribution in [0.4, 0.5) is 13.2 Å². The minimum Gasteiger partial charge on any atom is -0.506 e. The molecular weight excluding hydrogens is 645 g/mol. The lowest BCUT2D eigenvalue weighted by atomic mass is 10.0. The van der Waals surface area contributed by atoms with Gasteiger partial charge in [0.2, 0.25) is 5.91 Å². The number of rotatable bonds is 7. The van der Waals surface area contributed by atoms with E-state index in [9.17, 15) is 27.9 Å². The maximum Gasteiger partial charge on any atom is 0.573 e. The smallest absolute Gasteiger partial charge is 0.506 e. The van der Waals surface area contributed by atoms with Crippen molar-refractivity contribution in [1.82, 2.24) is 10.6 Å². The van der Waals surface area contributed by atoms with Gasteiger partial charge in [0, 0.05) is 12.0 Å². The number of aromatic hydroxyl groups is 1. The highest BCUT2D eigenvalue weighted by Gasteiger charge is 2.31. The third-order valence-electron chi connectivity index (χ3n) is 3.83. The van der Waals surface area contributed by atoms with Crippen LogP contribution in [0.2, 0.25) is 0 Å². The van der Waals surface area contributed by atoms with Crippen LogP contribution in [0.3, 0.4) is 0 Å². The summed E-state index contributed by atoms with van der Waals surface area (Å²) in [4.78, 5) is 25.0. The van der Waals surface area contributed by atoms with Gasteiger partial charge in [0.25, 0.3) is 5.91 Å². The summed E-state index contributed by atoms with van der Waals surface area (Å²) in [6.45, 7) is -0.265. The number of ether oxygens (including phenoxy) is 1. The predicted molar refractivity (Wildman–Crippen MR) is 120 cm³/mol. The number of carbonyl (C=O) groups is 2. The van der Waals surface area contributed by atoms with E-state index in [1.54, 1.807) is 18.2 Å². The van der Waals surface area contributed by atoms with E-state index in [1.807, 2.05) is 45.2 Å². The molecule has 2 amide bonds. The van der Waals surface area contributed by atoms with E-state index >= 15 is 0 Å². The minimum atomic E-state index is -4.85. The van der Waals surface area contributed by atoms with Gasteiger partial charge in [-0.2, -0.15) is 5.26 Å². The van der Waals surface area contributed by atoms with Crippen LogP contribution in [0.1, 0.15) is 15.9 Å². The number of benzene rings is 2. The monoisotopic (exact) mass is 659 g/mol. The van der Waals surface area contributed by atoms with Crippen LogP contribution in [0.15, 0.2) is 36.4 Å². The molecule has 12 heteroatoms. The van der Waals surface area contributed by atoms with Crippen molar-refractivity contribution in [2.24, 2.45) is 0 Å². The third kappa shape index (κ3) is 7.73. The Labute approximate surface area is 202 Å². The first-order valence-electron chi connectivity index (χ1n) is 8.48. The Morgan fingerprint density at radius 2 is 1.74 bits per heavy atom. The van der Waals surface area contributed by atoms with Gasteiger partial charge in [-0.05, 0) is 87.1 Å². The van der Waals surface area contributed by atoms with Crippen molar-refractivity contribution in [1.29, 1.82) is 5.26 Å². The number of hydrogen-bond acceptors (Lipinski definition) is 5. The standard InChI is InChI=1S/C19H14F3I2N3O4/c20-19(21,22)31-12-3-1-11(2-4-12)17(29)27-15(18(30)26-6-5-25)9-10-7-13(23)16(28)14(24)8-10/h1-4,7-8,15,28H,6,9H2,(H,26,30)(H,27,29)/t15-/m0/s1. The summed E-state index contributed by atoms with van der Waals surface area (Å²) in [5.41, 5.74) is 0.667. The Kier molecular flexibility index (Phi) is 8.74. The number of halogens is 5. The third-order valence-corrected chi connectivity index (χ3v) is 5.47. The van der Waals surface area contributed by atoms with Crippen LogP contribution in [0.5, 0.6) is 11.5 Å². The second-order valence-corrected chi connectivity index (χ2v) is 8.41. The largest absolute Gasteiger partial charge is 0.573 e. The normalized spacial score (nSPS) is 11.9. The number of nitrogens with one attached hydrogen (secondary N) is 2. The van der Waals surface area contributed by atoms with Crippen molar-refractivity contribution in [3.05, 3.63) is 54.7 Å². The molecule has 0 aromatic heterocycles. The molecule has 0 bridgehead atoms. The number of carbonyl (C=O) groups excluding carboxylic acids is 2. The molecule has 0 fully saturated rings. The van der Waals surface area contributed by atoms with Crippen LogP contribution in [-0.4, -0.2) is 35.9 Å². The Bertz CT molecular complexity index is 985. The van der Waals surface area contributed by atoms with Gasteiger partial charge in [0.1, 0.15) is 24.1 Å². The van der Waals surface area contributed by atoms with Gasteiger partial charge in [-0.15, -0.1) is 13.2 Å². The van der Waals surface area contributed by atoms with Crippen LogP contribution >= 0.6 is 45.2 Å². The zero-order valence-corrected chi connectivity index (χ0v) is 19.8. The molecule has 0 saturated heterocycles. The van der Waals surface area contributed by atoms with E-state index in [-0.39, 0.29) is 24.3 Å². The van der Waals surface area contributed by atoms with E-state index in [0.29, 0.717) is 12.7 Å². The number of nitriles is 1. The van der Waals surface area contributed by atoms with E-state index in [0.717, 1.165) is 24.3 Å². The second kappa shape index (κ2) is 10.8. The van der Waals surface area contributed by atoms with Crippen molar-refractivity contribution >= 4 is 57.0 Å². The van der Waals surface area contributed by atoms with Crippen LogP contribution in [-0.2, 0) is 11.2 Å². The van der Waals surface area contributed by atoms with Crippen molar-refractivity contribution < 1.29 is 32.6 Å². The van der Waals surface area contributed by atoms with Gasteiger partial charge in [-0.3, -0.25) is 9.59 Å². The number of nitrogens with zero attached hydrogens (tertiary/aromatic N) is 1.